The third kappa shape index (κ3) is 1.41. The molecule has 0 aromatic heterocycles. The summed E-state index contributed by atoms with van der Waals surface area (Å²) in [4.78, 5) is 0. The lowest BCUT2D eigenvalue weighted by Gasteiger charge is -2.37. The minimum atomic E-state index is 0.919. The van der Waals surface area contributed by atoms with Gasteiger partial charge in [0, 0.05) is 0 Å². The van der Waals surface area contributed by atoms with Crippen molar-refractivity contribution in [3.8, 4) is 0 Å². The van der Waals surface area contributed by atoms with E-state index >= 15 is 0 Å². The average molecular weight is 166 g/mol. The Labute approximate surface area is 76.7 Å². The second-order valence-electron chi connectivity index (χ2n) is 5.60. The van der Waals surface area contributed by atoms with Crippen LogP contribution in [-0.2, 0) is 0 Å². The van der Waals surface area contributed by atoms with E-state index in [2.05, 4.69) is 20.8 Å². The van der Waals surface area contributed by atoms with Gasteiger partial charge in [-0.3, -0.25) is 0 Å². The van der Waals surface area contributed by atoms with E-state index in [0.717, 1.165) is 29.6 Å². The summed E-state index contributed by atoms with van der Waals surface area (Å²) < 4.78 is 0. The molecule has 4 atom stereocenters. The molecule has 4 unspecified atom stereocenters. The van der Waals surface area contributed by atoms with Crippen molar-refractivity contribution in [3.63, 3.8) is 0 Å². The fourth-order valence-electron chi connectivity index (χ4n) is 3.56. The minimum Gasteiger partial charge on any atom is -0.0628 e. The quantitative estimate of drug-likeness (QED) is 0.586. The molecule has 0 N–H and O–H groups in total. The monoisotopic (exact) mass is 166 g/mol. The fourth-order valence-corrected chi connectivity index (χ4v) is 3.56. The summed E-state index contributed by atoms with van der Waals surface area (Å²) in [5, 5.41) is 0. The van der Waals surface area contributed by atoms with Crippen molar-refractivity contribution in [1.29, 1.82) is 0 Å². The number of hydrogen-bond donors (Lipinski definition) is 0. The van der Waals surface area contributed by atoms with Gasteiger partial charge in [0.15, 0.2) is 0 Å². The largest absolute Gasteiger partial charge is 0.0628 e. The fraction of sp³-hybridized carbons (Fsp3) is 1.00. The third-order valence-corrected chi connectivity index (χ3v) is 4.06. The first-order chi connectivity index (χ1) is 5.66. The molecular weight excluding hydrogens is 144 g/mol. The highest BCUT2D eigenvalue weighted by atomic mass is 14.5. The van der Waals surface area contributed by atoms with Crippen LogP contribution in [0.4, 0.5) is 0 Å². The number of rotatable bonds is 2. The zero-order chi connectivity index (χ0) is 8.72. The van der Waals surface area contributed by atoms with Crippen LogP contribution in [0.15, 0.2) is 0 Å². The summed E-state index contributed by atoms with van der Waals surface area (Å²) in [6.45, 7) is 7.17. The van der Waals surface area contributed by atoms with E-state index in [1.54, 1.807) is 19.3 Å². The molecule has 2 rings (SSSR count). The van der Waals surface area contributed by atoms with Gasteiger partial charge in [0.05, 0.1) is 0 Å². The highest BCUT2D eigenvalue weighted by Crippen LogP contribution is 2.54. The Bertz CT molecular complexity index is 159. The molecule has 2 saturated carbocycles. The second-order valence-corrected chi connectivity index (χ2v) is 5.60. The van der Waals surface area contributed by atoms with Gasteiger partial charge in [-0.05, 0) is 55.3 Å². The highest BCUT2D eigenvalue weighted by Gasteiger charge is 2.44. The average Bonchev–Trinajstić information content (AvgIpc) is 2.26. The summed E-state index contributed by atoms with van der Waals surface area (Å²) in [5.41, 5.74) is 0. The van der Waals surface area contributed by atoms with Crippen LogP contribution in [0.1, 0.15) is 46.5 Å². The molecule has 0 aromatic rings. The van der Waals surface area contributed by atoms with Crippen LogP contribution in [0.5, 0.6) is 0 Å². The van der Waals surface area contributed by atoms with Gasteiger partial charge >= 0.3 is 0 Å². The smallest absolute Gasteiger partial charge is 0.0357 e. The van der Waals surface area contributed by atoms with Crippen LogP contribution < -0.4 is 0 Å². The van der Waals surface area contributed by atoms with E-state index in [9.17, 15) is 0 Å². The molecule has 0 bridgehead atoms. The Balaban J connectivity index is 1.82. The number of fused-ring (bicyclic) bond motifs is 1. The molecule has 0 saturated heterocycles. The first kappa shape index (κ1) is 8.59. The summed E-state index contributed by atoms with van der Waals surface area (Å²) in [7, 11) is 0. The van der Waals surface area contributed by atoms with Gasteiger partial charge in [0.25, 0.3) is 0 Å². The van der Waals surface area contributed by atoms with Crippen LogP contribution in [0.25, 0.3) is 0 Å². The van der Waals surface area contributed by atoms with Crippen molar-refractivity contribution >= 4 is 0 Å². The Hall–Kier alpha value is 0. The van der Waals surface area contributed by atoms with Crippen molar-refractivity contribution in [2.24, 2.45) is 29.6 Å². The van der Waals surface area contributed by atoms with Crippen LogP contribution in [0, 0.1) is 29.6 Å². The normalized spacial score (nSPS) is 46.0. The van der Waals surface area contributed by atoms with Gasteiger partial charge in [-0.15, -0.1) is 0 Å². The predicted octanol–water partition coefficient (Wildman–Crippen LogP) is 3.71. The van der Waals surface area contributed by atoms with E-state index in [4.69, 9.17) is 0 Å². The Morgan fingerprint density at radius 1 is 1.17 bits per heavy atom. The van der Waals surface area contributed by atoms with Gasteiger partial charge in [0.2, 0.25) is 0 Å². The lowest BCUT2D eigenvalue weighted by atomic mass is 9.68. The molecule has 2 aliphatic carbocycles. The van der Waals surface area contributed by atoms with Crippen LogP contribution >= 0.6 is 0 Å². The van der Waals surface area contributed by atoms with E-state index in [1.165, 1.54) is 6.42 Å². The molecule has 70 valence electrons. The van der Waals surface area contributed by atoms with Crippen molar-refractivity contribution in [2.75, 3.05) is 0 Å². The molecule has 0 aromatic carbocycles. The first-order valence-electron chi connectivity index (χ1n) is 5.66. The van der Waals surface area contributed by atoms with Gasteiger partial charge in [-0.25, -0.2) is 0 Å². The van der Waals surface area contributed by atoms with Crippen LogP contribution in [0.2, 0.25) is 0 Å². The molecule has 2 fully saturated rings. The van der Waals surface area contributed by atoms with E-state index < -0.39 is 0 Å². The SMILES string of the molecule is CC(C)CC1CC2CC(C)C2C1. The van der Waals surface area contributed by atoms with Crippen LogP contribution in [-0.4, -0.2) is 0 Å². The number of hydrogen-bond acceptors (Lipinski definition) is 0. The maximum atomic E-state index is 2.44. The zero-order valence-corrected chi connectivity index (χ0v) is 8.72. The molecule has 0 aliphatic heterocycles. The third-order valence-electron chi connectivity index (χ3n) is 4.06. The second kappa shape index (κ2) is 3.05. The standard InChI is InChI=1S/C12H22/c1-8(2)4-10-6-11-5-9(3)12(11)7-10/h8-12H,4-7H2,1-3H3. The van der Waals surface area contributed by atoms with Gasteiger partial charge < -0.3 is 0 Å². The molecule has 12 heavy (non-hydrogen) atoms. The summed E-state index contributed by atoms with van der Waals surface area (Å²) in [6.07, 6.45) is 6.15. The predicted molar refractivity (Wildman–Crippen MR) is 52.9 cm³/mol. The van der Waals surface area contributed by atoms with Crippen molar-refractivity contribution in [3.05, 3.63) is 0 Å². The molecule has 0 spiro atoms. The maximum Gasteiger partial charge on any atom is -0.0357 e. The summed E-state index contributed by atoms with van der Waals surface area (Å²) >= 11 is 0. The van der Waals surface area contributed by atoms with E-state index in [0.29, 0.717) is 0 Å². The van der Waals surface area contributed by atoms with Crippen molar-refractivity contribution < 1.29 is 0 Å². The van der Waals surface area contributed by atoms with Gasteiger partial charge in [-0.1, -0.05) is 20.8 Å². The molecule has 0 heteroatoms. The lowest BCUT2D eigenvalue weighted by molar-refractivity contribution is 0.120. The molecule has 0 amide bonds. The molecule has 2 aliphatic rings. The van der Waals surface area contributed by atoms with Crippen molar-refractivity contribution in [1.82, 2.24) is 0 Å². The molecule has 0 nitrogen and oxygen atoms in total. The summed E-state index contributed by atoms with van der Waals surface area (Å²) in [5.74, 6) is 5.34. The Morgan fingerprint density at radius 3 is 2.42 bits per heavy atom. The Kier molecular flexibility index (Phi) is 2.18. The maximum absolute atomic E-state index is 2.44. The van der Waals surface area contributed by atoms with Gasteiger partial charge in [-0.2, -0.15) is 0 Å². The molecule has 0 heterocycles. The van der Waals surface area contributed by atoms with Crippen LogP contribution in [0.3, 0.4) is 0 Å². The molecule has 0 radical (unpaired) electrons. The summed E-state index contributed by atoms with van der Waals surface area (Å²) in [6, 6.07) is 0. The van der Waals surface area contributed by atoms with E-state index in [-0.39, 0.29) is 0 Å². The zero-order valence-electron chi connectivity index (χ0n) is 8.72. The Morgan fingerprint density at radius 2 is 1.92 bits per heavy atom. The van der Waals surface area contributed by atoms with E-state index in [1.807, 2.05) is 0 Å². The van der Waals surface area contributed by atoms with Gasteiger partial charge in [0.1, 0.15) is 0 Å². The first-order valence-corrected chi connectivity index (χ1v) is 5.66. The lowest BCUT2D eigenvalue weighted by Crippen LogP contribution is -2.29. The molecular formula is C12H22. The minimum absolute atomic E-state index is 0.919. The van der Waals surface area contributed by atoms with Crippen molar-refractivity contribution in [2.45, 2.75) is 46.5 Å². The topological polar surface area (TPSA) is 0 Å². The highest BCUT2D eigenvalue weighted by molar-refractivity contribution is 4.94.